The number of aliphatic imine (C=N–C) groups is 1. The lowest BCUT2D eigenvalue weighted by atomic mass is 10.0. The summed E-state index contributed by atoms with van der Waals surface area (Å²) in [6, 6.07) is 11.3. The molecule has 1 fully saturated rings. The summed E-state index contributed by atoms with van der Waals surface area (Å²) in [7, 11) is 1.83. The summed E-state index contributed by atoms with van der Waals surface area (Å²) in [5.74, 6) is 1.31. The van der Waals surface area contributed by atoms with E-state index in [-0.39, 0.29) is 0 Å². The Balaban J connectivity index is 1.61. The topological polar surface area (TPSA) is 48.9 Å². The first-order valence-corrected chi connectivity index (χ1v) is 11.0. The van der Waals surface area contributed by atoms with Crippen LogP contribution < -0.4 is 10.6 Å². The van der Waals surface area contributed by atoms with Crippen molar-refractivity contribution in [3.63, 3.8) is 0 Å². The summed E-state index contributed by atoms with van der Waals surface area (Å²) in [5.41, 5.74) is 4.01. The maximum absolute atomic E-state index is 5.56. The molecule has 2 N–H and O–H groups in total. The molecular weight excluding hydrogens is 368 g/mol. The maximum Gasteiger partial charge on any atom is 0.191 e. The average Bonchev–Trinajstić information content (AvgIpc) is 3.26. The first kappa shape index (κ1) is 20.8. The molecule has 152 valence electrons. The third-order valence-electron chi connectivity index (χ3n) is 5.29. The van der Waals surface area contributed by atoms with Crippen molar-refractivity contribution in [3.05, 3.63) is 57.8 Å². The molecule has 2 aromatic rings. The SMILES string of the molecule is CN=C(NCC(C)c1ccsc1)NCC(c1cccc(C)c1)N1CCOCC1. The van der Waals surface area contributed by atoms with E-state index in [9.17, 15) is 0 Å². The van der Waals surface area contributed by atoms with E-state index in [0.29, 0.717) is 12.0 Å². The van der Waals surface area contributed by atoms with Gasteiger partial charge in [0.25, 0.3) is 0 Å². The van der Waals surface area contributed by atoms with E-state index in [2.05, 4.69) is 75.5 Å². The number of rotatable bonds is 7. The second kappa shape index (κ2) is 10.6. The summed E-state index contributed by atoms with van der Waals surface area (Å²) < 4.78 is 5.56. The number of hydrogen-bond donors (Lipinski definition) is 2. The number of guanidine groups is 1. The largest absolute Gasteiger partial charge is 0.379 e. The van der Waals surface area contributed by atoms with Gasteiger partial charge < -0.3 is 15.4 Å². The van der Waals surface area contributed by atoms with Crippen molar-refractivity contribution in [1.29, 1.82) is 0 Å². The minimum atomic E-state index is 0.302. The molecule has 0 saturated carbocycles. The minimum Gasteiger partial charge on any atom is -0.379 e. The number of morpholine rings is 1. The summed E-state index contributed by atoms with van der Waals surface area (Å²) in [6.07, 6.45) is 0. The molecule has 0 bridgehead atoms. The number of aryl methyl sites for hydroxylation is 1. The molecule has 1 aromatic carbocycles. The third-order valence-corrected chi connectivity index (χ3v) is 5.99. The number of nitrogens with one attached hydrogen (secondary N) is 2. The van der Waals surface area contributed by atoms with E-state index < -0.39 is 0 Å². The van der Waals surface area contributed by atoms with Crippen molar-refractivity contribution in [2.45, 2.75) is 25.8 Å². The Hall–Kier alpha value is -1.89. The lowest BCUT2D eigenvalue weighted by molar-refractivity contribution is 0.0170. The average molecular weight is 401 g/mol. The van der Waals surface area contributed by atoms with Crippen molar-refractivity contribution in [2.75, 3.05) is 46.4 Å². The summed E-state index contributed by atoms with van der Waals surface area (Å²) in [5, 5.41) is 11.4. The Bertz CT molecular complexity index is 741. The van der Waals surface area contributed by atoms with Gasteiger partial charge in [-0.15, -0.1) is 0 Å². The Morgan fingerprint density at radius 2 is 1.96 bits per heavy atom. The predicted octanol–water partition coefficient (Wildman–Crippen LogP) is 3.40. The molecule has 2 heterocycles. The van der Waals surface area contributed by atoms with Crippen LogP contribution in [-0.2, 0) is 4.74 Å². The minimum absolute atomic E-state index is 0.302. The van der Waals surface area contributed by atoms with Crippen molar-refractivity contribution < 1.29 is 4.74 Å². The number of thiophene rings is 1. The van der Waals surface area contributed by atoms with Crippen LogP contribution in [0.4, 0.5) is 0 Å². The van der Waals surface area contributed by atoms with Gasteiger partial charge in [-0.05, 0) is 40.8 Å². The van der Waals surface area contributed by atoms with E-state index in [1.54, 1.807) is 11.3 Å². The molecule has 1 saturated heterocycles. The lowest BCUT2D eigenvalue weighted by Crippen LogP contribution is -2.46. The van der Waals surface area contributed by atoms with E-state index in [4.69, 9.17) is 4.74 Å². The molecule has 0 spiro atoms. The number of benzene rings is 1. The molecule has 3 rings (SSSR count). The first-order chi connectivity index (χ1) is 13.7. The van der Waals surface area contributed by atoms with E-state index >= 15 is 0 Å². The highest BCUT2D eigenvalue weighted by Crippen LogP contribution is 2.22. The molecular formula is C22H32N4OS. The molecule has 0 amide bonds. The summed E-state index contributed by atoms with van der Waals surface area (Å²) in [4.78, 5) is 6.93. The van der Waals surface area contributed by atoms with E-state index in [1.165, 1.54) is 16.7 Å². The molecule has 28 heavy (non-hydrogen) atoms. The van der Waals surface area contributed by atoms with Crippen LogP contribution in [0, 0.1) is 6.92 Å². The van der Waals surface area contributed by atoms with Crippen LogP contribution in [-0.4, -0.2) is 57.3 Å². The van der Waals surface area contributed by atoms with Gasteiger partial charge in [-0.25, -0.2) is 0 Å². The smallest absolute Gasteiger partial charge is 0.191 e. The van der Waals surface area contributed by atoms with Crippen LogP contribution in [0.5, 0.6) is 0 Å². The van der Waals surface area contributed by atoms with Gasteiger partial charge in [0.15, 0.2) is 5.96 Å². The third kappa shape index (κ3) is 5.80. The highest BCUT2D eigenvalue weighted by molar-refractivity contribution is 7.07. The van der Waals surface area contributed by atoms with Crippen LogP contribution in [0.3, 0.4) is 0 Å². The number of hydrogen-bond acceptors (Lipinski definition) is 4. The lowest BCUT2D eigenvalue weighted by Gasteiger charge is -2.35. The molecule has 0 radical (unpaired) electrons. The molecule has 1 aliphatic heterocycles. The predicted molar refractivity (Wildman–Crippen MR) is 118 cm³/mol. The van der Waals surface area contributed by atoms with Crippen molar-refractivity contribution in [3.8, 4) is 0 Å². The monoisotopic (exact) mass is 400 g/mol. The van der Waals surface area contributed by atoms with Gasteiger partial charge in [0, 0.05) is 33.2 Å². The zero-order chi connectivity index (χ0) is 19.8. The normalized spacial score (nSPS) is 17.9. The van der Waals surface area contributed by atoms with Gasteiger partial charge in [0.1, 0.15) is 0 Å². The molecule has 1 aromatic heterocycles. The van der Waals surface area contributed by atoms with E-state index in [1.807, 2.05) is 7.05 Å². The van der Waals surface area contributed by atoms with Crippen LogP contribution in [0.25, 0.3) is 0 Å². The fourth-order valence-corrected chi connectivity index (χ4v) is 4.34. The molecule has 1 aliphatic rings. The Labute approximate surface area is 172 Å². The zero-order valence-electron chi connectivity index (χ0n) is 17.1. The highest BCUT2D eigenvalue weighted by Gasteiger charge is 2.23. The van der Waals surface area contributed by atoms with Crippen molar-refractivity contribution >= 4 is 17.3 Å². The Morgan fingerprint density at radius 3 is 2.64 bits per heavy atom. The van der Waals surface area contributed by atoms with Crippen LogP contribution in [0.2, 0.25) is 0 Å². The van der Waals surface area contributed by atoms with Gasteiger partial charge in [-0.3, -0.25) is 9.89 Å². The number of ether oxygens (including phenoxy) is 1. The molecule has 2 unspecified atom stereocenters. The quantitative estimate of drug-likeness (QED) is 0.552. The van der Waals surface area contributed by atoms with Gasteiger partial charge in [-0.2, -0.15) is 11.3 Å². The molecule has 0 aliphatic carbocycles. The van der Waals surface area contributed by atoms with Crippen molar-refractivity contribution in [1.82, 2.24) is 15.5 Å². The first-order valence-electron chi connectivity index (χ1n) is 10.0. The van der Waals surface area contributed by atoms with Crippen LogP contribution >= 0.6 is 11.3 Å². The van der Waals surface area contributed by atoms with Gasteiger partial charge in [0.05, 0.1) is 19.3 Å². The van der Waals surface area contributed by atoms with Gasteiger partial charge in [0.2, 0.25) is 0 Å². The van der Waals surface area contributed by atoms with Crippen LogP contribution in [0.15, 0.2) is 46.1 Å². The molecule has 2 atom stereocenters. The Kier molecular flexibility index (Phi) is 7.89. The van der Waals surface area contributed by atoms with Gasteiger partial charge in [-0.1, -0.05) is 36.8 Å². The summed E-state index contributed by atoms with van der Waals surface area (Å²) in [6.45, 7) is 9.59. The zero-order valence-corrected chi connectivity index (χ0v) is 18.0. The number of nitrogens with zero attached hydrogens (tertiary/aromatic N) is 2. The highest BCUT2D eigenvalue weighted by atomic mass is 32.1. The van der Waals surface area contributed by atoms with Crippen molar-refractivity contribution in [2.24, 2.45) is 4.99 Å². The fraction of sp³-hybridized carbons (Fsp3) is 0.500. The standard InChI is InChI=1S/C22H32N4OS/c1-17-5-4-6-19(13-17)21(26-8-10-27-11-9-26)15-25-22(23-3)24-14-18(2)20-7-12-28-16-20/h4-7,12-13,16,18,21H,8-11,14-15H2,1-3H3,(H2,23,24,25). The Morgan fingerprint density at radius 1 is 1.18 bits per heavy atom. The van der Waals surface area contributed by atoms with E-state index in [0.717, 1.165) is 45.4 Å². The van der Waals surface area contributed by atoms with Crippen LogP contribution in [0.1, 0.15) is 35.6 Å². The maximum atomic E-state index is 5.56. The van der Waals surface area contributed by atoms with Gasteiger partial charge >= 0.3 is 0 Å². The fourth-order valence-electron chi connectivity index (χ4n) is 3.56. The second-order valence-electron chi connectivity index (χ2n) is 7.37. The molecule has 6 heteroatoms. The summed E-state index contributed by atoms with van der Waals surface area (Å²) >= 11 is 1.75. The molecule has 5 nitrogen and oxygen atoms in total. The second-order valence-corrected chi connectivity index (χ2v) is 8.15.